The van der Waals surface area contributed by atoms with Crippen LogP contribution in [0.25, 0.3) is 22.5 Å². The van der Waals surface area contributed by atoms with Gasteiger partial charge in [0.15, 0.2) is 5.15 Å². The third-order valence-corrected chi connectivity index (χ3v) is 8.46. The van der Waals surface area contributed by atoms with Crippen LogP contribution in [0.5, 0.6) is 0 Å². The SMILES string of the molecule is CCCCc1nc(Cl)c(COC(=O)NC(Cc2ccccc2)C(=O)OCCCCO[N+](=O)[O-])n1Cc1ccc(-c2ccccc2-c2nn[nH]n2)cc1. The zero-order chi connectivity index (χ0) is 36.7. The van der Waals surface area contributed by atoms with Gasteiger partial charge in [0.05, 0.1) is 18.9 Å². The number of tetrazole rings is 1. The second kappa shape index (κ2) is 19.0. The maximum absolute atomic E-state index is 13.1. The van der Waals surface area contributed by atoms with Gasteiger partial charge < -0.3 is 24.2 Å². The topological polar surface area (TPSA) is 189 Å². The van der Waals surface area contributed by atoms with E-state index in [4.69, 9.17) is 21.1 Å². The number of hydrogen-bond donors (Lipinski definition) is 2. The summed E-state index contributed by atoms with van der Waals surface area (Å²) in [6, 6.07) is 24.0. The molecule has 2 aromatic heterocycles. The van der Waals surface area contributed by atoms with Gasteiger partial charge in [0, 0.05) is 24.9 Å². The largest absolute Gasteiger partial charge is 0.464 e. The van der Waals surface area contributed by atoms with Crippen LogP contribution >= 0.6 is 11.6 Å². The molecule has 3 aromatic carbocycles. The van der Waals surface area contributed by atoms with E-state index in [0.717, 1.165) is 46.5 Å². The van der Waals surface area contributed by atoms with Gasteiger partial charge in [0.1, 0.15) is 18.5 Å². The molecule has 1 atom stereocenters. The third-order valence-electron chi connectivity index (χ3n) is 8.15. The zero-order valence-electron chi connectivity index (χ0n) is 28.6. The number of aryl methyl sites for hydroxylation is 1. The molecule has 15 nitrogen and oxygen atoms in total. The van der Waals surface area contributed by atoms with Crippen molar-refractivity contribution in [3.63, 3.8) is 0 Å². The fraction of sp³-hybridized carbons (Fsp3) is 0.333. The number of imidazole rings is 1. The molecule has 0 spiro atoms. The molecule has 16 heteroatoms. The lowest BCUT2D eigenvalue weighted by Crippen LogP contribution is -2.43. The predicted octanol–water partition coefficient (Wildman–Crippen LogP) is 6.14. The van der Waals surface area contributed by atoms with Gasteiger partial charge in [-0.25, -0.2) is 14.6 Å². The molecule has 0 aliphatic rings. The number of hydrogen-bond acceptors (Lipinski definition) is 11. The van der Waals surface area contributed by atoms with Gasteiger partial charge in [0.25, 0.3) is 5.09 Å². The van der Waals surface area contributed by atoms with E-state index in [-0.39, 0.29) is 31.4 Å². The fourth-order valence-electron chi connectivity index (χ4n) is 5.51. The Kier molecular flexibility index (Phi) is 13.6. The smallest absolute Gasteiger partial charge is 0.408 e. The number of H-pyrrole nitrogens is 1. The first kappa shape index (κ1) is 37.4. The molecule has 2 N–H and O–H groups in total. The number of alkyl carbamates (subject to hydrolysis) is 1. The fourth-order valence-corrected chi connectivity index (χ4v) is 5.76. The lowest BCUT2D eigenvalue weighted by molar-refractivity contribution is -0.757. The maximum Gasteiger partial charge on any atom is 0.408 e. The normalized spacial score (nSPS) is 11.5. The van der Waals surface area contributed by atoms with E-state index >= 15 is 0 Å². The molecule has 0 fully saturated rings. The predicted molar refractivity (Wildman–Crippen MR) is 190 cm³/mol. The van der Waals surface area contributed by atoms with Crippen molar-refractivity contribution in [2.75, 3.05) is 13.2 Å². The summed E-state index contributed by atoms with van der Waals surface area (Å²) < 4.78 is 13.0. The summed E-state index contributed by atoms with van der Waals surface area (Å²) in [7, 11) is 0. The van der Waals surface area contributed by atoms with Crippen LogP contribution in [0.1, 0.15) is 55.3 Å². The summed E-state index contributed by atoms with van der Waals surface area (Å²) in [5.74, 6) is 0.610. The second-order valence-electron chi connectivity index (χ2n) is 11.8. The van der Waals surface area contributed by atoms with E-state index in [0.29, 0.717) is 37.3 Å². The molecule has 1 unspecified atom stereocenters. The van der Waals surface area contributed by atoms with E-state index in [1.165, 1.54) is 0 Å². The minimum absolute atomic E-state index is 0.00352. The first-order chi connectivity index (χ1) is 25.3. The number of aromatic amines is 1. The molecule has 0 bridgehead atoms. The molecule has 52 heavy (non-hydrogen) atoms. The molecule has 5 aromatic rings. The summed E-state index contributed by atoms with van der Waals surface area (Å²) in [5.41, 5.74) is 5.09. The monoisotopic (exact) mass is 730 g/mol. The molecular formula is C36H39ClN8O7. The first-order valence-corrected chi connectivity index (χ1v) is 17.3. The minimum Gasteiger partial charge on any atom is -0.464 e. The standard InChI is InChI=1S/C36H39ClN8O7/c1-2-3-15-32-39-33(37)31(44(32)23-26-16-18-27(19-17-26)28-13-7-8-14-29(28)34-40-42-43-41-34)24-51-36(47)38-30(22-25-11-5-4-6-12-25)35(46)50-20-9-10-21-52-45(48)49/h4-8,11-14,16-19,30H,2-3,9-10,15,20-24H2,1H3,(H,38,47)(H,40,41,42,43). The maximum atomic E-state index is 13.1. The van der Waals surface area contributed by atoms with Crippen LogP contribution in [0, 0.1) is 10.1 Å². The Morgan fingerprint density at radius 1 is 0.942 bits per heavy atom. The number of halogens is 1. The number of ether oxygens (including phenoxy) is 2. The van der Waals surface area contributed by atoms with E-state index < -0.39 is 23.2 Å². The highest BCUT2D eigenvalue weighted by Crippen LogP contribution is 2.30. The van der Waals surface area contributed by atoms with E-state index in [1.807, 2.05) is 83.4 Å². The molecule has 2 heterocycles. The van der Waals surface area contributed by atoms with Crippen LogP contribution in [0.2, 0.25) is 5.15 Å². The van der Waals surface area contributed by atoms with Crippen molar-refractivity contribution in [3.05, 3.63) is 117 Å². The highest BCUT2D eigenvalue weighted by molar-refractivity contribution is 6.30. The number of benzene rings is 3. The number of nitrogens with zero attached hydrogens (tertiary/aromatic N) is 6. The lowest BCUT2D eigenvalue weighted by Gasteiger charge is -2.18. The van der Waals surface area contributed by atoms with Crippen LogP contribution in [0.4, 0.5) is 4.79 Å². The number of carbonyl (C=O) groups excluding carboxylic acids is 2. The highest BCUT2D eigenvalue weighted by atomic mass is 35.5. The quantitative estimate of drug-likeness (QED) is 0.0429. The van der Waals surface area contributed by atoms with Gasteiger partial charge in [0.2, 0.25) is 5.82 Å². The summed E-state index contributed by atoms with van der Waals surface area (Å²) >= 11 is 6.64. The number of esters is 1. The second-order valence-corrected chi connectivity index (χ2v) is 12.2. The van der Waals surface area contributed by atoms with Gasteiger partial charge in [-0.05, 0) is 46.7 Å². The number of aromatic nitrogens is 6. The van der Waals surface area contributed by atoms with E-state index in [2.05, 4.69) is 42.7 Å². The van der Waals surface area contributed by atoms with E-state index in [1.54, 1.807) is 0 Å². The van der Waals surface area contributed by atoms with Crippen molar-refractivity contribution in [3.8, 4) is 22.5 Å². The number of unbranched alkanes of at least 4 members (excludes halogenated alkanes) is 2. The van der Waals surface area contributed by atoms with Crippen LogP contribution < -0.4 is 5.32 Å². The molecule has 0 aliphatic heterocycles. The highest BCUT2D eigenvalue weighted by Gasteiger charge is 2.25. The molecule has 0 aliphatic carbocycles. The average molecular weight is 731 g/mol. The number of amides is 1. The van der Waals surface area contributed by atoms with Crippen LogP contribution in [0.15, 0.2) is 78.9 Å². The van der Waals surface area contributed by atoms with Gasteiger partial charge >= 0.3 is 12.1 Å². The van der Waals surface area contributed by atoms with Crippen molar-refractivity contribution in [1.29, 1.82) is 0 Å². The summed E-state index contributed by atoms with van der Waals surface area (Å²) in [4.78, 5) is 45.4. The van der Waals surface area contributed by atoms with Gasteiger partial charge in [-0.2, -0.15) is 5.21 Å². The summed E-state index contributed by atoms with van der Waals surface area (Å²) in [5, 5.41) is 26.8. The van der Waals surface area contributed by atoms with Crippen molar-refractivity contribution in [2.45, 2.75) is 64.6 Å². The Balaban J connectivity index is 1.27. The molecule has 0 saturated heterocycles. The molecular weight excluding hydrogens is 692 g/mol. The summed E-state index contributed by atoms with van der Waals surface area (Å²) in [6.45, 7) is 2.23. The zero-order valence-corrected chi connectivity index (χ0v) is 29.3. The number of nitrogens with one attached hydrogen (secondary N) is 2. The van der Waals surface area contributed by atoms with Crippen molar-refractivity contribution < 1.29 is 29.0 Å². The Labute approximate surface area is 304 Å². The molecule has 0 saturated carbocycles. The molecule has 5 rings (SSSR count). The van der Waals surface area contributed by atoms with Crippen LogP contribution in [0.3, 0.4) is 0 Å². The van der Waals surface area contributed by atoms with Crippen molar-refractivity contribution in [2.24, 2.45) is 0 Å². The van der Waals surface area contributed by atoms with Gasteiger partial charge in [-0.1, -0.05) is 104 Å². The first-order valence-electron chi connectivity index (χ1n) is 16.9. The van der Waals surface area contributed by atoms with Crippen LogP contribution in [-0.4, -0.2) is 66.6 Å². The van der Waals surface area contributed by atoms with Crippen molar-refractivity contribution in [1.82, 2.24) is 35.5 Å². The summed E-state index contributed by atoms with van der Waals surface area (Å²) in [6.07, 6.45) is 2.53. The Morgan fingerprint density at radius 2 is 1.67 bits per heavy atom. The molecule has 1 amide bonds. The van der Waals surface area contributed by atoms with Crippen LogP contribution in [-0.2, 0) is 45.1 Å². The van der Waals surface area contributed by atoms with E-state index in [9.17, 15) is 19.7 Å². The average Bonchev–Trinajstić information content (AvgIpc) is 3.79. The van der Waals surface area contributed by atoms with Gasteiger partial charge in [-0.3, -0.25) is 0 Å². The van der Waals surface area contributed by atoms with Gasteiger partial charge in [-0.15, -0.1) is 20.3 Å². The Morgan fingerprint density at radius 3 is 2.38 bits per heavy atom. The van der Waals surface area contributed by atoms with Crippen molar-refractivity contribution >= 4 is 23.7 Å². The number of carbonyl (C=O) groups is 2. The lowest BCUT2D eigenvalue weighted by atomic mass is 9.98. The Hall–Kier alpha value is -5.83. The number of rotatable bonds is 19. The molecule has 272 valence electrons. The minimum atomic E-state index is -1.05. The molecule has 0 radical (unpaired) electrons. The third kappa shape index (κ3) is 10.6. The Bertz CT molecular complexity index is 1900.